The van der Waals surface area contributed by atoms with Crippen LogP contribution in [0, 0.1) is 6.92 Å². The second-order valence-electron chi connectivity index (χ2n) is 10.8. The number of fused-ring (bicyclic) bond motifs is 1. The van der Waals surface area contributed by atoms with Crippen LogP contribution in [0.1, 0.15) is 43.7 Å². The maximum atomic E-state index is 14.1. The lowest BCUT2D eigenvalue weighted by atomic mass is 10.1. The van der Waals surface area contributed by atoms with Gasteiger partial charge in [0.15, 0.2) is 11.5 Å². The number of hydrogen-bond acceptors (Lipinski definition) is 6. The second kappa shape index (κ2) is 12.9. The SMILES string of the molecule is Cc1cccc(CN(C(=O)CN(c2ccc3c(c2)OCCO3)S(=O)(=O)c2ccccc2)C(C)C(=O)NC2CCCC2)c1. The van der Waals surface area contributed by atoms with Gasteiger partial charge in [-0.25, -0.2) is 8.42 Å². The number of benzene rings is 3. The topological polar surface area (TPSA) is 105 Å². The van der Waals surface area contributed by atoms with Gasteiger partial charge in [0.05, 0.1) is 10.6 Å². The average Bonchev–Trinajstić information content (AvgIpc) is 3.51. The third-order valence-corrected chi connectivity index (χ3v) is 9.52. The van der Waals surface area contributed by atoms with Crippen molar-refractivity contribution in [2.24, 2.45) is 0 Å². The molecular weight excluding hydrogens is 554 g/mol. The fourth-order valence-electron chi connectivity index (χ4n) is 5.42. The normalized spacial score (nSPS) is 15.6. The van der Waals surface area contributed by atoms with Crippen molar-refractivity contribution in [1.29, 1.82) is 0 Å². The smallest absolute Gasteiger partial charge is 0.264 e. The van der Waals surface area contributed by atoms with Crippen molar-refractivity contribution in [2.45, 2.75) is 63.1 Å². The molecule has 3 aromatic carbocycles. The zero-order valence-electron chi connectivity index (χ0n) is 24.0. The summed E-state index contributed by atoms with van der Waals surface area (Å²) in [7, 11) is -4.16. The Morgan fingerprint density at radius 2 is 1.64 bits per heavy atom. The molecule has 10 heteroatoms. The van der Waals surface area contributed by atoms with E-state index < -0.39 is 28.5 Å². The van der Waals surface area contributed by atoms with Crippen LogP contribution in [-0.4, -0.2) is 57.0 Å². The Morgan fingerprint density at radius 3 is 2.36 bits per heavy atom. The molecule has 9 nitrogen and oxygen atoms in total. The number of carbonyl (C=O) groups excluding carboxylic acids is 2. The number of carbonyl (C=O) groups is 2. The number of sulfonamides is 1. The van der Waals surface area contributed by atoms with E-state index in [1.165, 1.54) is 17.0 Å². The number of hydrogen-bond donors (Lipinski definition) is 1. The summed E-state index contributed by atoms with van der Waals surface area (Å²) in [4.78, 5) is 29.0. The molecule has 1 fully saturated rings. The minimum Gasteiger partial charge on any atom is -0.486 e. The lowest BCUT2D eigenvalue weighted by molar-refractivity contribution is -0.139. The van der Waals surface area contributed by atoms with E-state index >= 15 is 0 Å². The van der Waals surface area contributed by atoms with Crippen LogP contribution in [0.4, 0.5) is 5.69 Å². The van der Waals surface area contributed by atoms with Crippen LogP contribution in [0.2, 0.25) is 0 Å². The maximum absolute atomic E-state index is 14.1. The zero-order valence-corrected chi connectivity index (χ0v) is 24.8. The van der Waals surface area contributed by atoms with Crippen molar-refractivity contribution in [1.82, 2.24) is 10.2 Å². The summed E-state index contributed by atoms with van der Waals surface area (Å²) in [5.74, 6) is 0.159. The molecule has 1 aliphatic carbocycles. The molecule has 1 N–H and O–H groups in total. The molecule has 5 rings (SSSR count). The molecule has 2 amide bonds. The predicted octanol–water partition coefficient (Wildman–Crippen LogP) is 4.44. The molecule has 3 aromatic rings. The molecule has 42 heavy (non-hydrogen) atoms. The largest absolute Gasteiger partial charge is 0.486 e. The van der Waals surface area contributed by atoms with Crippen LogP contribution >= 0.6 is 0 Å². The Kier molecular flexibility index (Phi) is 9.01. The van der Waals surface area contributed by atoms with Gasteiger partial charge < -0.3 is 19.7 Å². The van der Waals surface area contributed by atoms with Crippen molar-refractivity contribution in [3.8, 4) is 11.5 Å². The fraction of sp³-hybridized carbons (Fsp3) is 0.375. The number of nitrogens with zero attached hydrogens (tertiary/aromatic N) is 2. The van der Waals surface area contributed by atoms with Crippen LogP contribution in [0.5, 0.6) is 11.5 Å². The Balaban J connectivity index is 1.49. The Labute approximate surface area is 247 Å². The monoisotopic (exact) mass is 591 g/mol. The van der Waals surface area contributed by atoms with E-state index in [1.807, 2.05) is 31.2 Å². The Bertz CT molecular complexity index is 1520. The summed E-state index contributed by atoms with van der Waals surface area (Å²) in [5, 5.41) is 3.09. The van der Waals surface area contributed by atoms with Crippen molar-refractivity contribution in [3.05, 3.63) is 83.9 Å². The van der Waals surface area contributed by atoms with Crippen molar-refractivity contribution < 1.29 is 27.5 Å². The first-order valence-electron chi connectivity index (χ1n) is 14.4. The first-order valence-corrected chi connectivity index (χ1v) is 15.8. The third kappa shape index (κ3) is 6.70. The maximum Gasteiger partial charge on any atom is 0.264 e. The quantitative estimate of drug-likeness (QED) is 0.374. The van der Waals surface area contributed by atoms with Crippen LogP contribution in [-0.2, 0) is 26.2 Å². The number of aryl methyl sites for hydroxylation is 1. The molecule has 1 heterocycles. The highest BCUT2D eigenvalue weighted by Crippen LogP contribution is 2.36. The summed E-state index contributed by atoms with van der Waals surface area (Å²) in [6.07, 6.45) is 3.95. The standard InChI is InChI=1S/C32H37N3O6S/c1-23-9-8-10-25(19-23)21-34(24(2)32(37)33-26-11-6-7-12-26)31(36)22-35(42(38,39)28-13-4-3-5-14-28)27-15-16-29-30(20-27)41-18-17-40-29/h3-5,8-10,13-16,19-20,24,26H,6-7,11-12,17-18,21-22H2,1-2H3,(H,33,37). The van der Waals surface area contributed by atoms with E-state index in [-0.39, 0.29) is 29.1 Å². The minimum atomic E-state index is -4.16. The summed E-state index contributed by atoms with van der Waals surface area (Å²) < 4.78 is 40.4. The predicted molar refractivity (Wildman–Crippen MR) is 160 cm³/mol. The van der Waals surface area contributed by atoms with Gasteiger partial charge >= 0.3 is 0 Å². The van der Waals surface area contributed by atoms with Gasteiger partial charge in [-0.15, -0.1) is 0 Å². The first kappa shape index (κ1) is 29.4. The zero-order chi connectivity index (χ0) is 29.7. The van der Waals surface area contributed by atoms with Crippen LogP contribution in [0.15, 0.2) is 77.7 Å². The molecule has 0 radical (unpaired) electrons. The summed E-state index contributed by atoms with van der Waals surface area (Å²) >= 11 is 0. The van der Waals surface area contributed by atoms with Crippen molar-refractivity contribution in [2.75, 3.05) is 24.1 Å². The molecule has 0 spiro atoms. The van der Waals surface area contributed by atoms with Gasteiger partial charge in [0.1, 0.15) is 25.8 Å². The van der Waals surface area contributed by atoms with Crippen LogP contribution < -0.4 is 19.1 Å². The Morgan fingerprint density at radius 1 is 0.929 bits per heavy atom. The van der Waals surface area contributed by atoms with E-state index in [4.69, 9.17) is 9.47 Å². The minimum absolute atomic E-state index is 0.0462. The average molecular weight is 592 g/mol. The van der Waals surface area contributed by atoms with Gasteiger partial charge in [0.25, 0.3) is 10.0 Å². The Hall–Kier alpha value is -4.05. The van der Waals surface area contributed by atoms with Gasteiger partial charge in [-0.3, -0.25) is 13.9 Å². The first-order chi connectivity index (χ1) is 20.2. The van der Waals surface area contributed by atoms with Gasteiger partial charge in [-0.1, -0.05) is 60.9 Å². The highest BCUT2D eigenvalue weighted by Gasteiger charge is 2.34. The van der Waals surface area contributed by atoms with Gasteiger partial charge in [-0.05, 0) is 56.5 Å². The molecule has 1 unspecified atom stereocenters. The number of ether oxygens (including phenoxy) is 2. The lowest BCUT2D eigenvalue weighted by Gasteiger charge is -2.33. The molecule has 2 aliphatic rings. The van der Waals surface area contributed by atoms with Crippen molar-refractivity contribution in [3.63, 3.8) is 0 Å². The molecule has 1 atom stereocenters. The molecule has 0 saturated heterocycles. The number of anilines is 1. The number of rotatable bonds is 10. The van der Waals surface area contributed by atoms with Crippen LogP contribution in [0.25, 0.3) is 0 Å². The molecule has 222 valence electrons. The van der Waals surface area contributed by atoms with E-state index in [0.29, 0.717) is 24.7 Å². The van der Waals surface area contributed by atoms with Crippen LogP contribution in [0.3, 0.4) is 0 Å². The van der Waals surface area contributed by atoms with Gasteiger partial charge in [0.2, 0.25) is 11.8 Å². The highest BCUT2D eigenvalue weighted by atomic mass is 32.2. The molecule has 0 bridgehead atoms. The second-order valence-corrected chi connectivity index (χ2v) is 12.7. The highest BCUT2D eigenvalue weighted by molar-refractivity contribution is 7.92. The van der Waals surface area contributed by atoms with E-state index in [1.54, 1.807) is 43.3 Å². The van der Waals surface area contributed by atoms with E-state index in [0.717, 1.165) is 41.1 Å². The van der Waals surface area contributed by atoms with E-state index in [2.05, 4.69) is 5.32 Å². The lowest BCUT2D eigenvalue weighted by Crippen LogP contribution is -2.52. The molecular formula is C32H37N3O6S. The summed E-state index contributed by atoms with van der Waals surface area (Å²) in [5.41, 5.74) is 2.13. The summed E-state index contributed by atoms with van der Waals surface area (Å²) in [6, 6.07) is 19.8. The van der Waals surface area contributed by atoms with E-state index in [9.17, 15) is 18.0 Å². The molecule has 0 aromatic heterocycles. The molecule has 1 saturated carbocycles. The summed E-state index contributed by atoms with van der Waals surface area (Å²) in [6.45, 7) is 4.02. The third-order valence-electron chi connectivity index (χ3n) is 7.73. The van der Waals surface area contributed by atoms with Gasteiger partial charge in [0, 0.05) is 18.7 Å². The number of nitrogens with one attached hydrogen (secondary N) is 1. The molecule has 1 aliphatic heterocycles. The number of amides is 2. The fourth-order valence-corrected chi connectivity index (χ4v) is 6.84. The van der Waals surface area contributed by atoms with Gasteiger partial charge in [-0.2, -0.15) is 0 Å². The van der Waals surface area contributed by atoms with Crippen molar-refractivity contribution >= 4 is 27.5 Å².